The fourth-order valence-electron chi connectivity index (χ4n) is 5.76. The minimum absolute atomic E-state index is 0.159. The molecule has 1 amide bonds. The van der Waals surface area contributed by atoms with E-state index in [1.807, 2.05) is 12.1 Å². The lowest BCUT2D eigenvalue weighted by Crippen LogP contribution is -2.42. The molecular weight excluding hydrogens is 306 g/mol. The number of benzene rings is 2. The van der Waals surface area contributed by atoms with Crippen LogP contribution in [0.15, 0.2) is 48.5 Å². The fraction of sp³-hybridized carbons (Fsp3) is 0.435. The van der Waals surface area contributed by atoms with E-state index in [0.717, 1.165) is 23.0 Å². The van der Waals surface area contributed by atoms with Crippen molar-refractivity contribution >= 4 is 5.91 Å². The lowest BCUT2D eigenvalue weighted by molar-refractivity contribution is -0.122. The number of rotatable bonds is 3. The monoisotopic (exact) mass is 331 g/mol. The van der Waals surface area contributed by atoms with Gasteiger partial charge in [0.2, 0.25) is 5.91 Å². The summed E-state index contributed by atoms with van der Waals surface area (Å²) in [6.45, 7) is 2.22. The maximum atomic E-state index is 13.2. The number of amides is 1. The first-order valence-electron chi connectivity index (χ1n) is 9.71. The molecule has 2 saturated carbocycles. The van der Waals surface area contributed by atoms with Crippen molar-refractivity contribution in [2.45, 2.75) is 44.6 Å². The van der Waals surface area contributed by atoms with Crippen LogP contribution in [-0.4, -0.2) is 11.9 Å². The van der Waals surface area contributed by atoms with Crippen LogP contribution in [0.1, 0.15) is 49.7 Å². The van der Waals surface area contributed by atoms with E-state index < -0.39 is 0 Å². The second kappa shape index (κ2) is 5.72. The van der Waals surface area contributed by atoms with E-state index >= 15 is 0 Å². The third kappa shape index (κ3) is 2.34. The molecule has 0 aliphatic heterocycles. The first-order chi connectivity index (χ1) is 12.2. The second-order valence-corrected chi connectivity index (χ2v) is 8.24. The van der Waals surface area contributed by atoms with Gasteiger partial charge in [-0.05, 0) is 66.2 Å². The molecule has 3 aliphatic carbocycles. The molecule has 5 rings (SSSR count). The average Bonchev–Trinajstić information content (AvgIpc) is 3.34. The Balaban J connectivity index is 1.42. The van der Waals surface area contributed by atoms with Gasteiger partial charge in [0.25, 0.3) is 0 Å². The highest BCUT2D eigenvalue weighted by Gasteiger charge is 2.43. The molecule has 2 bridgehead atoms. The van der Waals surface area contributed by atoms with Crippen LogP contribution in [0.4, 0.5) is 0 Å². The van der Waals surface area contributed by atoms with Crippen LogP contribution in [-0.2, 0) is 4.79 Å². The van der Waals surface area contributed by atoms with E-state index in [0.29, 0.717) is 5.92 Å². The van der Waals surface area contributed by atoms with Crippen molar-refractivity contribution < 1.29 is 4.79 Å². The Morgan fingerprint density at radius 3 is 2.16 bits per heavy atom. The molecule has 0 aromatic heterocycles. The number of fused-ring (bicyclic) bond motifs is 5. The van der Waals surface area contributed by atoms with Crippen molar-refractivity contribution in [3.63, 3.8) is 0 Å². The predicted octanol–water partition coefficient (Wildman–Crippen LogP) is 4.74. The Labute approximate surface area is 149 Å². The highest BCUT2D eigenvalue weighted by atomic mass is 16.2. The van der Waals surface area contributed by atoms with Crippen LogP contribution < -0.4 is 5.32 Å². The number of hydrogen-bond acceptors (Lipinski definition) is 1. The highest BCUT2D eigenvalue weighted by Crippen LogP contribution is 2.50. The van der Waals surface area contributed by atoms with Crippen LogP contribution in [0.3, 0.4) is 0 Å². The Bertz CT molecular complexity index is 781. The molecule has 0 heterocycles. The molecule has 0 saturated heterocycles. The van der Waals surface area contributed by atoms with Crippen molar-refractivity contribution in [3.05, 3.63) is 59.7 Å². The van der Waals surface area contributed by atoms with E-state index in [2.05, 4.69) is 48.6 Å². The van der Waals surface area contributed by atoms with Gasteiger partial charge >= 0.3 is 0 Å². The molecule has 3 aliphatic rings. The third-order valence-electron chi connectivity index (χ3n) is 6.90. The first-order valence-corrected chi connectivity index (χ1v) is 9.71. The maximum Gasteiger partial charge on any atom is 0.232 e. The maximum absolute atomic E-state index is 13.2. The molecular formula is C23H25NO. The summed E-state index contributed by atoms with van der Waals surface area (Å²) in [5.74, 6) is 2.45. The van der Waals surface area contributed by atoms with E-state index in [-0.39, 0.29) is 17.9 Å². The predicted molar refractivity (Wildman–Crippen MR) is 100 cm³/mol. The summed E-state index contributed by atoms with van der Waals surface area (Å²) in [4.78, 5) is 13.2. The van der Waals surface area contributed by atoms with Crippen LogP contribution in [0.25, 0.3) is 11.1 Å². The van der Waals surface area contributed by atoms with Gasteiger partial charge in [-0.3, -0.25) is 4.79 Å². The standard InChI is InChI=1S/C23H25NO/c1-14(21-13-15-10-11-16(21)12-15)24-23(25)22-19-8-4-2-6-17(19)18-7-3-5-9-20(18)22/h2-9,14-16,21-22H,10-13H2,1H3,(H,24,25)/t14-,15-,16-,21-/m0/s1. The molecule has 25 heavy (non-hydrogen) atoms. The van der Waals surface area contributed by atoms with Gasteiger partial charge in [-0.2, -0.15) is 0 Å². The van der Waals surface area contributed by atoms with Crippen LogP contribution in [0.2, 0.25) is 0 Å². The summed E-state index contributed by atoms with van der Waals surface area (Å²) in [6, 6.07) is 17.0. The summed E-state index contributed by atoms with van der Waals surface area (Å²) in [5, 5.41) is 3.39. The fourth-order valence-corrected chi connectivity index (χ4v) is 5.76. The number of carbonyl (C=O) groups excluding carboxylic acids is 1. The highest BCUT2D eigenvalue weighted by molar-refractivity contribution is 5.96. The van der Waals surface area contributed by atoms with Crippen molar-refractivity contribution in [2.24, 2.45) is 17.8 Å². The van der Waals surface area contributed by atoms with Crippen LogP contribution in [0.5, 0.6) is 0 Å². The molecule has 0 spiro atoms. The van der Waals surface area contributed by atoms with Gasteiger partial charge in [0, 0.05) is 6.04 Å². The smallest absolute Gasteiger partial charge is 0.232 e. The van der Waals surface area contributed by atoms with Crippen molar-refractivity contribution in [1.82, 2.24) is 5.32 Å². The zero-order valence-corrected chi connectivity index (χ0v) is 14.7. The average molecular weight is 331 g/mol. The quantitative estimate of drug-likeness (QED) is 0.865. The van der Waals surface area contributed by atoms with Gasteiger partial charge in [0.1, 0.15) is 0 Å². The van der Waals surface area contributed by atoms with Gasteiger partial charge in [0.05, 0.1) is 5.92 Å². The van der Waals surface area contributed by atoms with Crippen molar-refractivity contribution in [1.29, 1.82) is 0 Å². The minimum Gasteiger partial charge on any atom is -0.353 e. The molecule has 2 heteroatoms. The third-order valence-corrected chi connectivity index (χ3v) is 6.90. The van der Waals surface area contributed by atoms with Gasteiger partial charge < -0.3 is 5.32 Å². The Morgan fingerprint density at radius 2 is 1.60 bits per heavy atom. The minimum atomic E-state index is -0.159. The van der Waals surface area contributed by atoms with Gasteiger partial charge in [-0.1, -0.05) is 55.0 Å². The molecule has 1 N–H and O–H groups in total. The normalized spacial score (nSPS) is 27.8. The van der Waals surface area contributed by atoms with Gasteiger partial charge in [0.15, 0.2) is 0 Å². The van der Waals surface area contributed by atoms with E-state index in [9.17, 15) is 4.79 Å². The summed E-state index contributed by atoms with van der Waals surface area (Å²) >= 11 is 0. The summed E-state index contributed by atoms with van der Waals surface area (Å²) in [5.41, 5.74) is 4.74. The molecule has 2 aromatic rings. The van der Waals surface area contributed by atoms with E-state index in [1.165, 1.54) is 36.8 Å². The van der Waals surface area contributed by atoms with Crippen LogP contribution in [0, 0.1) is 17.8 Å². The number of hydrogen-bond donors (Lipinski definition) is 1. The summed E-state index contributed by atoms with van der Waals surface area (Å²) < 4.78 is 0. The molecule has 0 radical (unpaired) electrons. The molecule has 2 nitrogen and oxygen atoms in total. The Kier molecular flexibility index (Phi) is 3.48. The van der Waals surface area contributed by atoms with Gasteiger partial charge in [-0.15, -0.1) is 0 Å². The summed E-state index contributed by atoms with van der Waals surface area (Å²) in [7, 11) is 0. The van der Waals surface area contributed by atoms with E-state index in [4.69, 9.17) is 0 Å². The van der Waals surface area contributed by atoms with E-state index in [1.54, 1.807) is 0 Å². The topological polar surface area (TPSA) is 29.1 Å². The second-order valence-electron chi connectivity index (χ2n) is 8.24. The lowest BCUT2D eigenvalue weighted by atomic mass is 9.83. The molecule has 128 valence electrons. The number of nitrogens with one attached hydrogen (secondary N) is 1. The van der Waals surface area contributed by atoms with Crippen LogP contribution >= 0.6 is 0 Å². The molecule has 4 atom stereocenters. The first kappa shape index (κ1) is 15.2. The molecule has 0 unspecified atom stereocenters. The molecule has 2 fully saturated rings. The zero-order valence-electron chi connectivity index (χ0n) is 14.7. The lowest BCUT2D eigenvalue weighted by Gasteiger charge is -2.29. The molecule has 2 aromatic carbocycles. The summed E-state index contributed by atoms with van der Waals surface area (Å²) in [6.07, 6.45) is 5.47. The Morgan fingerprint density at radius 1 is 0.960 bits per heavy atom. The SMILES string of the molecule is C[C@H](NC(=O)C1c2ccccc2-c2ccccc21)[C@@H]1C[C@H]2CC[C@H]1C2. The zero-order chi connectivity index (χ0) is 17.0. The van der Waals surface area contributed by atoms with Crippen molar-refractivity contribution in [3.8, 4) is 11.1 Å². The Hall–Kier alpha value is -2.09. The van der Waals surface area contributed by atoms with Crippen molar-refractivity contribution in [2.75, 3.05) is 0 Å². The largest absolute Gasteiger partial charge is 0.353 e. The van der Waals surface area contributed by atoms with Gasteiger partial charge in [-0.25, -0.2) is 0 Å². The number of carbonyl (C=O) groups is 1.